The van der Waals surface area contributed by atoms with Crippen LogP contribution in [0.4, 0.5) is 0 Å². The van der Waals surface area contributed by atoms with Gasteiger partial charge in [0.2, 0.25) is 0 Å². The van der Waals surface area contributed by atoms with Crippen LogP contribution in [0.15, 0.2) is 71.0 Å². The molecule has 5 spiro atoms. The molecule has 13 heteroatoms. The summed E-state index contributed by atoms with van der Waals surface area (Å²) in [7, 11) is 0. The number of fused-ring (bicyclic) bond motifs is 6. The molecule has 1 aromatic heterocycles. The van der Waals surface area contributed by atoms with Crippen LogP contribution in [-0.2, 0) is 51.8 Å². The second-order valence-corrected chi connectivity index (χ2v) is 32.6. The normalized spacial score (nSPS) is 50.7. The number of nitrogens with zero attached hydrogens (tertiary/aromatic N) is 1. The van der Waals surface area contributed by atoms with Crippen LogP contribution < -0.4 is 5.32 Å². The Morgan fingerprint density at radius 2 is 1.77 bits per heavy atom. The molecule has 1 aromatic carbocycles. The number of nitrogens with one attached hydrogen (secondary N) is 1. The van der Waals surface area contributed by atoms with Crippen LogP contribution in [0.3, 0.4) is 0 Å². The lowest BCUT2D eigenvalue weighted by Crippen LogP contribution is -2.83. The van der Waals surface area contributed by atoms with Crippen molar-refractivity contribution in [3.63, 3.8) is 0 Å². The molecule has 0 radical (unpaired) electrons. The molecule has 464 valence electrons. The third-order valence-electron chi connectivity index (χ3n) is 29.9. The van der Waals surface area contributed by atoms with E-state index in [1.165, 1.54) is 43.2 Å². The van der Waals surface area contributed by atoms with Gasteiger partial charge in [-0.2, -0.15) is 0 Å². The fourth-order valence-corrected chi connectivity index (χ4v) is 27.0. The number of ether oxygens (including phenoxy) is 4. The van der Waals surface area contributed by atoms with Gasteiger partial charge >= 0.3 is 11.9 Å². The molecule has 8 heterocycles. The SMILES string of the molecule is CC(CC1C=C2CC3CCCC34CC3CC5(C)C6(c7ccoc7CC(C(O)CO)C7CCC8C(C=CN9CNCC89)C7)CC#CC7CCC(Cc8ccccc8)CC7C7(C(O)C(=O)C8C1(C)OC21C4C(=O)OCC81C37)C51OC1C(=O)O6)C1CCCCC1. The summed E-state index contributed by atoms with van der Waals surface area (Å²) in [6.45, 7) is 8.38. The van der Waals surface area contributed by atoms with E-state index in [1.54, 1.807) is 6.26 Å². The Balaban J connectivity index is 0.843. The lowest BCUT2D eigenvalue weighted by molar-refractivity contribution is -0.315. The summed E-state index contributed by atoms with van der Waals surface area (Å²) < 4.78 is 37.4. The van der Waals surface area contributed by atoms with Crippen molar-refractivity contribution in [1.82, 2.24) is 10.2 Å². The highest BCUT2D eigenvalue weighted by atomic mass is 16.7. The largest absolute Gasteiger partial charge is 0.469 e. The molecular formula is C74H92N2O11. The number of benzene rings is 1. The second kappa shape index (κ2) is 18.9. The van der Waals surface area contributed by atoms with Gasteiger partial charge in [-0.25, -0.2) is 4.79 Å². The molecule has 9 aliphatic carbocycles. The summed E-state index contributed by atoms with van der Waals surface area (Å²) in [6, 6.07) is 13.2. The van der Waals surface area contributed by atoms with Gasteiger partial charge in [-0.05, 0) is 184 Å². The average Bonchev–Trinajstić information content (AvgIpc) is 1.44. The minimum absolute atomic E-state index is 0.0192. The van der Waals surface area contributed by atoms with Crippen molar-refractivity contribution in [2.24, 2.45) is 110 Å². The number of esters is 2. The number of allylic oxidation sites excluding steroid dienone is 1. The average molecular weight is 1190 g/mol. The van der Waals surface area contributed by atoms with E-state index in [1.807, 2.05) is 6.07 Å². The zero-order valence-corrected chi connectivity index (χ0v) is 51.5. The van der Waals surface area contributed by atoms with Crippen LogP contribution in [0.5, 0.6) is 0 Å². The number of furan rings is 1. The first-order chi connectivity index (χ1) is 42.1. The van der Waals surface area contributed by atoms with Crippen molar-refractivity contribution in [3.05, 3.63) is 83.5 Å². The first-order valence-electron chi connectivity index (χ1n) is 34.9. The number of carbonyl (C=O) groups excluding carboxylic acids is 3. The molecule has 4 N–H and O–H groups in total. The van der Waals surface area contributed by atoms with Crippen molar-refractivity contribution in [2.45, 2.75) is 202 Å². The number of rotatable bonds is 11. The number of hydrogen-bond acceptors (Lipinski definition) is 13. The molecule has 7 aliphatic heterocycles. The van der Waals surface area contributed by atoms with Gasteiger partial charge in [-0.1, -0.05) is 107 Å². The lowest BCUT2D eigenvalue weighted by atomic mass is 9.28. The molecule has 26 unspecified atom stereocenters. The topological polar surface area (TPSA) is 181 Å². The van der Waals surface area contributed by atoms with Gasteiger partial charge in [-0.15, -0.1) is 0 Å². The first-order valence-corrected chi connectivity index (χ1v) is 34.9. The van der Waals surface area contributed by atoms with Crippen LogP contribution in [-0.4, -0.2) is 106 Å². The van der Waals surface area contributed by atoms with Crippen LogP contribution in [0, 0.1) is 122 Å². The number of hydrogen-bond donors (Lipinski definition) is 4. The predicted octanol–water partition coefficient (Wildman–Crippen LogP) is 9.79. The summed E-state index contributed by atoms with van der Waals surface area (Å²) in [5.41, 5.74) is -6.12. The zero-order valence-electron chi connectivity index (χ0n) is 51.5. The Kier molecular flexibility index (Phi) is 12.1. The minimum atomic E-state index is -1.57. The van der Waals surface area contributed by atoms with E-state index in [9.17, 15) is 15.3 Å². The fourth-order valence-electron chi connectivity index (χ4n) is 27.0. The van der Waals surface area contributed by atoms with Gasteiger partial charge in [-0.3, -0.25) is 14.9 Å². The highest BCUT2D eigenvalue weighted by Gasteiger charge is 3.00. The molecule has 87 heavy (non-hydrogen) atoms. The van der Waals surface area contributed by atoms with Crippen molar-refractivity contribution >= 4 is 17.7 Å². The number of epoxide rings is 1. The Morgan fingerprint density at radius 1 is 0.920 bits per heavy atom. The standard InChI is InChI=1S/C74H92N2O11/c1-41(44-14-8-5-9-15-44)28-50-33-51-32-49-17-11-24-69(49)36-48-35-67(2)71(54-23-27-83-58(54)34-53(57(78)38-77)46-20-21-52-47(31-46)22-26-76-40-75-37-56(52)76)25-10-16-45-19-18-43(29-42-12-6-4-7-13-42)30-55(45)72(74(67)64(85-74)66(82)86-71)60(48)70-39-84-65(81)62(69)73(51,70)87-68(50,3)61(70)59(79)63(72)80/h4,6-7,12-13,22-23,26-27,33,41,43-50,52-53,55-57,60-64,75,77-78,80H,5,8-9,11,14-15,17-21,24-25,28-32,34-40H2,1-3H3. The van der Waals surface area contributed by atoms with Crippen molar-refractivity contribution in [1.29, 1.82) is 0 Å². The molecule has 13 fully saturated rings. The molecule has 5 saturated heterocycles. The Hall–Kier alpha value is -4.29. The number of aliphatic hydroxyl groups is 3. The van der Waals surface area contributed by atoms with E-state index in [0.717, 1.165) is 83.8 Å². The number of carbonyl (C=O) groups is 3. The minimum Gasteiger partial charge on any atom is -0.469 e. The van der Waals surface area contributed by atoms with E-state index >= 15 is 14.4 Å². The quantitative estimate of drug-likeness (QED) is 0.0724. The maximum atomic E-state index is 17.6. The summed E-state index contributed by atoms with van der Waals surface area (Å²) >= 11 is 0. The van der Waals surface area contributed by atoms with Crippen LogP contribution in [0.25, 0.3) is 0 Å². The van der Waals surface area contributed by atoms with Crippen molar-refractivity contribution < 1.29 is 53.1 Å². The molecule has 13 nitrogen and oxygen atoms in total. The Morgan fingerprint density at radius 3 is 2.61 bits per heavy atom. The molecule has 8 saturated carbocycles. The predicted molar refractivity (Wildman–Crippen MR) is 320 cm³/mol. The second-order valence-electron chi connectivity index (χ2n) is 32.6. The number of ketones is 1. The summed E-state index contributed by atoms with van der Waals surface area (Å²) in [5, 5.41) is 41.6. The van der Waals surface area contributed by atoms with E-state index in [0.29, 0.717) is 66.7 Å². The van der Waals surface area contributed by atoms with E-state index in [-0.39, 0.29) is 66.2 Å². The maximum Gasteiger partial charge on any atom is 0.339 e. The molecule has 2 aromatic rings. The van der Waals surface area contributed by atoms with Crippen LogP contribution in [0.1, 0.15) is 160 Å². The van der Waals surface area contributed by atoms with Crippen LogP contribution in [0.2, 0.25) is 0 Å². The highest BCUT2D eigenvalue weighted by molar-refractivity contribution is 5.94. The van der Waals surface area contributed by atoms with Gasteiger partial charge in [0.1, 0.15) is 29.7 Å². The highest BCUT2D eigenvalue weighted by Crippen LogP contribution is 2.91. The molecule has 16 aliphatic rings. The smallest absolute Gasteiger partial charge is 0.339 e. The number of aliphatic hydroxyl groups excluding tert-OH is 3. The van der Waals surface area contributed by atoms with Crippen molar-refractivity contribution in [3.8, 4) is 11.8 Å². The molecule has 9 bridgehead atoms. The van der Waals surface area contributed by atoms with Crippen LogP contribution >= 0.6 is 0 Å². The molecule has 0 amide bonds. The van der Waals surface area contributed by atoms with E-state index in [4.69, 9.17) is 23.4 Å². The molecular weight excluding hydrogens is 1090 g/mol. The summed E-state index contributed by atoms with van der Waals surface area (Å²) in [6.07, 6.45) is 23.6. The van der Waals surface area contributed by atoms with Gasteiger partial charge in [0.15, 0.2) is 17.5 Å². The third-order valence-corrected chi connectivity index (χ3v) is 29.9. The van der Waals surface area contributed by atoms with Gasteiger partial charge in [0.25, 0.3) is 0 Å². The van der Waals surface area contributed by atoms with Gasteiger partial charge in [0, 0.05) is 47.2 Å². The Labute approximate surface area is 513 Å². The first kappa shape index (κ1) is 55.5. The Bertz CT molecular complexity index is 3320. The third kappa shape index (κ3) is 6.68. The molecule has 26 atom stereocenters. The van der Waals surface area contributed by atoms with Gasteiger partial charge in [0.05, 0.1) is 54.9 Å². The number of Topliss-reactive ketones (excluding diaryl/α,β-unsaturated/α-hetero) is 1. The van der Waals surface area contributed by atoms with Gasteiger partial charge < -0.3 is 43.6 Å². The summed E-state index contributed by atoms with van der Waals surface area (Å²) in [5.74, 6) is 6.54. The molecule has 18 rings (SSSR count). The van der Waals surface area contributed by atoms with E-state index in [2.05, 4.69) is 91.5 Å². The fraction of sp³-hybridized carbons (Fsp3) is 0.743. The summed E-state index contributed by atoms with van der Waals surface area (Å²) in [4.78, 5) is 51.9. The lowest BCUT2D eigenvalue weighted by Gasteiger charge is -2.74. The van der Waals surface area contributed by atoms with E-state index < -0.39 is 98.6 Å². The zero-order chi connectivity index (χ0) is 59.0. The van der Waals surface area contributed by atoms with Crippen molar-refractivity contribution in [2.75, 3.05) is 26.4 Å². The monoisotopic (exact) mass is 1180 g/mol. The number of cyclic esters (lactones) is 1. The maximum absolute atomic E-state index is 17.6.